The van der Waals surface area contributed by atoms with Crippen molar-refractivity contribution in [3.05, 3.63) is 23.8 Å². The summed E-state index contributed by atoms with van der Waals surface area (Å²) < 4.78 is 6.03. The zero-order valence-electron chi connectivity index (χ0n) is 20.4. The van der Waals surface area contributed by atoms with Gasteiger partial charge in [-0.15, -0.1) is 11.6 Å². The summed E-state index contributed by atoms with van der Waals surface area (Å²) in [6.45, 7) is 6.96. The van der Waals surface area contributed by atoms with Gasteiger partial charge in [0.15, 0.2) is 11.4 Å². The number of unbranched alkanes of at least 4 members (excludes halogenated alkanes) is 1. The van der Waals surface area contributed by atoms with E-state index < -0.39 is 40.7 Å². The topological polar surface area (TPSA) is 97.7 Å². The van der Waals surface area contributed by atoms with Crippen LogP contribution in [0.4, 0.5) is 0 Å². The number of ether oxygens (including phenoxy) is 1. The van der Waals surface area contributed by atoms with Gasteiger partial charge in [-0.1, -0.05) is 45.8 Å². The second kappa shape index (κ2) is 8.70. The lowest BCUT2D eigenvalue weighted by atomic mass is 9.46. The highest BCUT2D eigenvalue weighted by atomic mass is 35.5. The zero-order valence-corrected chi connectivity index (χ0v) is 21.2. The molecule has 1 N–H and O–H groups in total. The molecule has 4 rings (SSSR count). The molecule has 0 spiro atoms. The predicted molar refractivity (Wildman–Crippen MR) is 127 cm³/mol. The summed E-state index contributed by atoms with van der Waals surface area (Å²) >= 11 is 6.97. The number of esters is 1. The van der Waals surface area contributed by atoms with Gasteiger partial charge < -0.3 is 9.84 Å². The number of carbonyl (C=O) groups is 4. The Kier molecular flexibility index (Phi) is 6.48. The first-order chi connectivity index (χ1) is 16.0. The molecule has 3 saturated carbocycles. The van der Waals surface area contributed by atoms with Crippen molar-refractivity contribution in [2.75, 3.05) is 6.61 Å². The third-order valence-electron chi connectivity index (χ3n) is 9.35. The molecule has 4 aliphatic rings. The van der Waals surface area contributed by atoms with E-state index in [2.05, 4.69) is 0 Å². The van der Waals surface area contributed by atoms with Gasteiger partial charge in [0.2, 0.25) is 5.78 Å². The number of hydrogen-bond donors (Lipinski definition) is 1. The fourth-order valence-electron chi connectivity index (χ4n) is 7.81. The molecule has 0 heterocycles. The highest BCUT2D eigenvalue weighted by Crippen LogP contribution is 2.68. The number of ketones is 3. The van der Waals surface area contributed by atoms with Crippen LogP contribution in [0.3, 0.4) is 0 Å². The molecule has 6 nitrogen and oxygen atoms in total. The number of carbonyl (C=O) groups excluding carboxylic acids is 4. The fourth-order valence-corrected chi connectivity index (χ4v) is 8.29. The highest BCUT2D eigenvalue weighted by Gasteiger charge is 2.73. The summed E-state index contributed by atoms with van der Waals surface area (Å²) in [7, 11) is 0. The van der Waals surface area contributed by atoms with E-state index in [-0.39, 0.29) is 47.5 Å². The average Bonchev–Trinajstić information content (AvgIpc) is 2.99. The van der Waals surface area contributed by atoms with E-state index in [1.807, 2.05) is 33.8 Å². The number of fused-ring (bicyclic) bond motifs is 5. The number of allylic oxidation sites excluding steroid dienone is 4. The number of hydrogen-bond acceptors (Lipinski definition) is 6. The number of aliphatic hydroxyl groups is 1. The minimum absolute atomic E-state index is 0.0321. The second-order valence-corrected chi connectivity index (χ2v) is 11.7. The van der Waals surface area contributed by atoms with Crippen molar-refractivity contribution in [2.45, 2.75) is 77.2 Å². The predicted octanol–water partition coefficient (Wildman–Crippen LogP) is 3.97. The van der Waals surface area contributed by atoms with E-state index in [0.717, 1.165) is 12.0 Å². The van der Waals surface area contributed by atoms with Crippen molar-refractivity contribution >= 4 is 34.9 Å². The summed E-state index contributed by atoms with van der Waals surface area (Å²) in [5.41, 5.74) is -2.25. The van der Waals surface area contributed by atoms with E-state index in [9.17, 15) is 24.3 Å². The van der Waals surface area contributed by atoms with Crippen LogP contribution in [-0.2, 0) is 23.9 Å². The average molecular weight is 491 g/mol. The summed E-state index contributed by atoms with van der Waals surface area (Å²) in [5.74, 6) is -2.30. The Morgan fingerprint density at radius 3 is 2.62 bits per heavy atom. The lowest BCUT2D eigenvalue weighted by Crippen LogP contribution is -2.64. The van der Waals surface area contributed by atoms with Crippen LogP contribution in [0.2, 0.25) is 0 Å². The largest absolute Gasteiger partial charge is 0.450 e. The Morgan fingerprint density at radius 2 is 1.97 bits per heavy atom. The molecule has 2 unspecified atom stereocenters. The van der Waals surface area contributed by atoms with Crippen molar-refractivity contribution < 1.29 is 29.0 Å². The van der Waals surface area contributed by atoms with Crippen LogP contribution >= 0.6 is 11.6 Å². The number of rotatable bonds is 6. The van der Waals surface area contributed by atoms with Gasteiger partial charge in [-0.25, -0.2) is 0 Å². The minimum atomic E-state index is -1.57. The van der Waals surface area contributed by atoms with Gasteiger partial charge in [0.25, 0.3) is 0 Å². The number of Topliss-reactive ketones (excluding diaryl/α,β-unsaturated/α-hetero) is 2. The third-order valence-corrected chi connectivity index (χ3v) is 9.80. The van der Waals surface area contributed by atoms with Crippen molar-refractivity contribution in [3.8, 4) is 0 Å². The van der Waals surface area contributed by atoms with E-state index in [1.165, 1.54) is 6.08 Å². The summed E-state index contributed by atoms with van der Waals surface area (Å²) in [6.07, 6.45) is 7.74. The first kappa shape index (κ1) is 25.3. The van der Waals surface area contributed by atoms with Crippen LogP contribution < -0.4 is 0 Å². The molecule has 7 heteroatoms. The second-order valence-electron chi connectivity index (χ2n) is 11.2. The Balaban J connectivity index is 1.80. The van der Waals surface area contributed by atoms with Crippen LogP contribution in [0.5, 0.6) is 0 Å². The molecule has 4 aliphatic carbocycles. The number of halogens is 1. The summed E-state index contributed by atoms with van der Waals surface area (Å²) in [4.78, 5) is 52.2. The molecule has 0 radical (unpaired) electrons. The molecule has 8 atom stereocenters. The van der Waals surface area contributed by atoms with Crippen LogP contribution in [0.15, 0.2) is 23.8 Å². The maximum Gasteiger partial charge on any atom is 0.306 e. The molecule has 0 saturated heterocycles. The van der Waals surface area contributed by atoms with Crippen molar-refractivity contribution in [1.29, 1.82) is 0 Å². The molecule has 0 aromatic carbocycles. The maximum atomic E-state index is 13.9. The molecule has 34 heavy (non-hydrogen) atoms. The highest BCUT2D eigenvalue weighted by molar-refractivity contribution is 6.21. The van der Waals surface area contributed by atoms with Gasteiger partial charge in [0, 0.05) is 40.9 Å². The van der Waals surface area contributed by atoms with Gasteiger partial charge in [-0.05, 0) is 43.3 Å². The van der Waals surface area contributed by atoms with E-state index in [0.29, 0.717) is 19.3 Å². The van der Waals surface area contributed by atoms with E-state index >= 15 is 0 Å². The van der Waals surface area contributed by atoms with Gasteiger partial charge >= 0.3 is 5.97 Å². The molecular formula is C27H35ClO6. The van der Waals surface area contributed by atoms with Crippen LogP contribution in [-0.4, -0.2) is 46.0 Å². The SMILES string of the molecule is CCCCC(=O)O[C@]1(C(=O)CO)C(C)C[C@H]2[C@@H]3C(Cl)CC4=CC(=O)C=C[C@]4(C)[C@H]3C(=O)C[C@@]21C. The monoisotopic (exact) mass is 490 g/mol. The van der Waals surface area contributed by atoms with Gasteiger partial charge in [-0.3, -0.25) is 19.2 Å². The Bertz CT molecular complexity index is 984. The third kappa shape index (κ3) is 3.39. The lowest BCUT2D eigenvalue weighted by Gasteiger charge is -2.58. The number of aliphatic hydroxyl groups excluding tert-OH is 1. The molecule has 186 valence electrons. The Hall–Kier alpha value is -1.79. The van der Waals surface area contributed by atoms with Crippen LogP contribution in [0.25, 0.3) is 0 Å². The van der Waals surface area contributed by atoms with E-state index in [1.54, 1.807) is 6.08 Å². The fraction of sp³-hybridized carbons (Fsp3) is 0.704. The first-order valence-corrected chi connectivity index (χ1v) is 12.9. The maximum absolute atomic E-state index is 13.9. The van der Waals surface area contributed by atoms with Gasteiger partial charge in [0.05, 0.1) is 0 Å². The zero-order chi connectivity index (χ0) is 25.1. The van der Waals surface area contributed by atoms with Crippen LogP contribution in [0, 0.1) is 34.5 Å². The van der Waals surface area contributed by atoms with Crippen molar-refractivity contribution in [2.24, 2.45) is 34.5 Å². The first-order valence-electron chi connectivity index (χ1n) is 12.4. The Morgan fingerprint density at radius 1 is 1.26 bits per heavy atom. The molecule has 0 bridgehead atoms. The smallest absolute Gasteiger partial charge is 0.306 e. The minimum Gasteiger partial charge on any atom is -0.450 e. The molecule has 3 fully saturated rings. The molecular weight excluding hydrogens is 456 g/mol. The summed E-state index contributed by atoms with van der Waals surface area (Å²) in [6, 6.07) is 0. The molecule has 0 aliphatic heterocycles. The van der Waals surface area contributed by atoms with Gasteiger partial charge in [0.1, 0.15) is 12.4 Å². The molecule has 0 aromatic rings. The van der Waals surface area contributed by atoms with Crippen molar-refractivity contribution in [1.82, 2.24) is 0 Å². The lowest BCUT2D eigenvalue weighted by molar-refractivity contribution is -0.196. The van der Waals surface area contributed by atoms with Crippen molar-refractivity contribution in [3.63, 3.8) is 0 Å². The normalized spacial score (nSPS) is 43.0. The quantitative estimate of drug-likeness (QED) is 0.447. The standard InChI is InChI=1S/C27H35ClO6/c1-5-6-7-22(33)34-27(21(32)14-29)15(2)10-18-23-19(28)12-16-11-17(30)8-9-25(16,3)24(23)20(31)13-26(18,27)4/h8-9,11,15,18-19,23-24,29H,5-7,10,12-14H2,1-4H3/t15?,18-,19?,23+,24-,25-,26-,27-/m0/s1. The number of alkyl halides is 1. The Labute approximate surface area is 206 Å². The van der Waals surface area contributed by atoms with Crippen LogP contribution in [0.1, 0.15) is 66.2 Å². The van der Waals surface area contributed by atoms with Gasteiger partial charge in [-0.2, -0.15) is 0 Å². The molecule has 0 aromatic heterocycles. The van der Waals surface area contributed by atoms with E-state index in [4.69, 9.17) is 16.3 Å². The molecule has 0 amide bonds. The summed E-state index contributed by atoms with van der Waals surface area (Å²) in [5, 5.41) is 9.55.